The summed E-state index contributed by atoms with van der Waals surface area (Å²) in [6.45, 7) is 0. The molecule has 0 aliphatic heterocycles. The number of hydrogen-bond donors (Lipinski definition) is 2. The molecular weight excluding hydrogens is 153 g/mol. The first-order valence-corrected chi connectivity index (χ1v) is 1.88. The van der Waals surface area contributed by atoms with Gasteiger partial charge in [-0.3, -0.25) is 5.10 Å². The average molecular weight is 160 g/mol. The molecule has 0 bridgehead atoms. The Bertz CT molecular complexity index is 158. The minimum Gasteiger partial charge on any atom is -0.412 e. The van der Waals surface area contributed by atoms with Crippen molar-refractivity contribution in [3.63, 3.8) is 0 Å². The van der Waals surface area contributed by atoms with Gasteiger partial charge in [0.2, 0.25) is 0 Å². The van der Waals surface area contributed by atoms with E-state index in [1.54, 1.807) is 0 Å². The van der Waals surface area contributed by atoms with E-state index >= 15 is 0 Å². The van der Waals surface area contributed by atoms with Gasteiger partial charge < -0.3 is 11.0 Å². The largest absolute Gasteiger partial charge is 0.412 e. The van der Waals surface area contributed by atoms with E-state index in [1.807, 2.05) is 0 Å². The summed E-state index contributed by atoms with van der Waals surface area (Å²) in [5, 5.41) is 8.57. The Morgan fingerprint density at radius 3 is 2.11 bits per heavy atom. The van der Waals surface area contributed by atoms with Crippen LogP contribution in [0.25, 0.3) is 0 Å². The molecule has 1 aromatic heterocycles. The molecule has 0 atom stereocenters. The minimum absolute atomic E-state index is 0. The van der Waals surface area contributed by atoms with Crippen molar-refractivity contribution < 1.29 is 11.0 Å². The van der Waals surface area contributed by atoms with E-state index in [9.17, 15) is 0 Å². The van der Waals surface area contributed by atoms with Crippen LogP contribution in [0.3, 0.4) is 0 Å². The maximum Gasteiger partial charge on any atom is 0.139 e. The summed E-state index contributed by atoms with van der Waals surface area (Å²) >= 11 is 4.60. The number of hydrogen-bond acceptors (Lipinski definition) is 2. The summed E-state index contributed by atoms with van der Waals surface area (Å²) in [4.78, 5) is 0. The first-order valence-electron chi connectivity index (χ1n) is 1.47. The summed E-state index contributed by atoms with van der Waals surface area (Å²) in [5.74, 6) is 0. The second-order valence-electron chi connectivity index (χ2n) is 0.859. The van der Waals surface area contributed by atoms with Crippen molar-refractivity contribution in [1.29, 1.82) is 0 Å². The molecule has 0 saturated heterocycles. The normalized spacial score (nSPS) is 5.78. The molecule has 1 aromatic rings. The zero-order valence-corrected chi connectivity index (χ0v) is 7.75. The molecule has 0 aromatic carbocycles. The molecule has 0 aliphatic rings. The molecule has 1 radical (unpaired) electrons. The molecule has 0 spiro atoms. The SMILES string of the molecule is O.O.S=c1cn[nH][nH]1.[Na]. The van der Waals surface area contributed by atoms with Crippen LogP contribution in [0, 0.1) is 4.64 Å². The fraction of sp³-hybridized carbons (Fsp3) is 0. The molecular formula is C2H7N3NaO2S. The van der Waals surface area contributed by atoms with E-state index in [4.69, 9.17) is 0 Å². The second kappa shape index (κ2) is 8.28. The summed E-state index contributed by atoms with van der Waals surface area (Å²) < 4.78 is 0.634. The quantitative estimate of drug-likeness (QED) is 0.353. The number of nitrogens with one attached hydrogen (secondary N) is 2. The van der Waals surface area contributed by atoms with Gasteiger partial charge in [-0.05, 0) is 0 Å². The third-order valence-corrected chi connectivity index (χ3v) is 0.633. The number of rotatable bonds is 0. The van der Waals surface area contributed by atoms with Gasteiger partial charge in [0.05, 0.1) is 6.20 Å². The van der Waals surface area contributed by atoms with Crippen molar-refractivity contribution in [1.82, 2.24) is 15.4 Å². The van der Waals surface area contributed by atoms with Crippen molar-refractivity contribution >= 4 is 41.8 Å². The van der Waals surface area contributed by atoms with Crippen LogP contribution in [-0.4, -0.2) is 55.9 Å². The van der Waals surface area contributed by atoms with Gasteiger partial charge in [-0.15, -0.1) is 0 Å². The van der Waals surface area contributed by atoms with Gasteiger partial charge in [0.25, 0.3) is 0 Å². The Morgan fingerprint density at radius 1 is 1.44 bits per heavy atom. The third-order valence-electron chi connectivity index (χ3n) is 0.425. The Kier molecular flexibility index (Phi) is 14.8. The Hall–Kier alpha value is 0.280. The Morgan fingerprint density at radius 2 is 2.00 bits per heavy atom. The van der Waals surface area contributed by atoms with Crippen molar-refractivity contribution in [2.24, 2.45) is 0 Å². The zero-order valence-electron chi connectivity index (χ0n) is 4.93. The van der Waals surface area contributed by atoms with Gasteiger partial charge in [0.15, 0.2) is 0 Å². The maximum absolute atomic E-state index is 4.60. The molecule has 0 aliphatic carbocycles. The van der Waals surface area contributed by atoms with Gasteiger partial charge in [0, 0.05) is 29.6 Å². The number of H-pyrrole nitrogens is 2. The second-order valence-corrected chi connectivity index (χ2v) is 1.30. The summed E-state index contributed by atoms with van der Waals surface area (Å²) in [6, 6.07) is 0. The van der Waals surface area contributed by atoms with Gasteiger partial charge in [-0.2, -0.15) is 5.10 Å². The molecule has 9 heavy (non-hydrogen) atoms. The zero-order chi connectivity index (χ0) is 4.41. The van der Waals surface area contributed by atoms with Crippen LogP contribution in [0.2, 0.25) is 0 Å². The predicted octanol–water partition coefficient (Wildman–Crippen LogP) is -1.56. The Balaban J connectivity index is -0.000000120. The van der Waals surface area contributed by atoms with E-state index in [0.29, 0.717) is 4.64 Å². The third kappa shape index (κ3) is 6.16. The van der Waals surface area contributed by atoms with Crippen molar-refractivity contribution in [3.05, 3.63) is 10.8 Å². The van der Waals surface area contributed by atoms with Crippen LogP contribution in [0.15, 0.2) is 6.20 Å². The fourth-order valence-electron chi connectivity index (χ4n) is 0.211. The molecule has 1 rings (SSSR count). The van der Waals surface area contributed by atoms with Crippen LogP contribution in [0.1, 0.15) is 0 Å². The van der Waals surface area contributed by atoms with Crippen molar-refractivity contribution in [2.75, 3.05) is 0 Å². The van der Waals surface area contributed by atoms with Crippen LogP contribution in [0.5, 0.6) is 0 Å². The monoisotopic (exact) mass is 160 g/mol. The molecule has 1 heterocycles. The molecule has 7 heteroatoms. The molecule has 0 amide bonds. The predicted molar refractivity (Wildman–Crippen MR) is 36.8 cm³/mol. The van der Waals surface area contributed by atoms with E-state index in [1.165, 1.54) is 6.20 Å². The number of aromatic amines is 2. The summed E-state index contributed by atoms with van der Waals surface area (Å²) in [7, 11) is 0. The first-order chi connectivity index (χ1) is 2.89. The Labute approximate surface area is 78.8 Å². The number of aromatic nitrogens is 3. The van der Waals surface area contributed by atoms with Gasteiger partial charge >= 0.3 is 0 Å². The molecule has 5 nitrogen and oxygen atoms in total. The fourth-order valence-corrected chi connectivity index (χ4v) is 0.309. The summed E-state index contributed by atoms with van der Waals surface area (Å²) in [6.07, 6.45) is 1.54. The van der Waals surface area contributed by atoms with Crippen molar-refractivity contribution in [3.8, 4) is 0 Å². The summed E-state index contributed by atoms with van der Waals surface area (Å²) in [5.41, 5.74) is 0. The average Bonchev–Trinajstić information content (AvgIpc) is 1.86. The van der Waals surface area contributed by atoms with Crippen LogP contribution < -0.4 is 0 Å². The van der Waals surface area contributed by atoms with E-state index in [2.05, 4.69) is 27.6 Å². The van der Waals surface area contributed by atoms with Gasteiger partial charge in [0.1, 0.15) is 4.64 Å². The van der Waals surface area contributed by atoms with E-state index < -0.39 is 0 Å². The molecule has 0 unspecified atom stereocenters. The van der Waals surface area contributed by atoms with E-state index in [-0.39, 0.29) is 40.5 Å². The van der Waals surface area contributed by atoms with Crippen LogP contribution >= 0.6 is 12.2 Å². The number of nitrogens with zero attached hydrogens (tertiary/aromatic N) is 1. The molecule has 0 saturated carbocycles. The topological polar surface area (TPSA) is 107 Å². The molecule has 0 fully saturated rings. The van der Waals surface area contributed by atoms with Crippen LogP contribution in [0.4, 0.5) is 0 Å². The maximum atomic E-state index is 4.60. The van der Waals surface area contributed by atoms with Gasteiger partial charge in [-0.1, -0.05) is 12.2 Å². The standard InChI is InChI=1S/C2H3N3S.Na.2H2O/c6-2-1-3-5-4-2;;;/h1H,(H2,3,4,5,6);;2*1H2. The molecule has 49 valence electrons. The first kappa shape index (κ1) is 16.1. The van der Waals surface area contributed by atoms with Crippen molar-refractivity contribution in [2.45, 2.75) is 0 Å². The smallest absolute Gasteiger partial charge is 0.139 e. The molecule has 6 N–H and O–H groups in total. The van der Waals surface area contributed by atoms with E-state index in [0.717, 1.165) is 0 Å². The van der Waals surface area contributed by atoms with Crippen LogP contribution in [-0.2, 0) is 0 Å². The van der Waals surface area contributed by atoms with Gasteiger partial charge in [-0.25, -0.2) is 5.21 Å². The minimum atomic E-state index is 0.